The van der Waals surface area contributed by atoms with Gasteiger partial charge in [0.15, 0.2) is 16.3 Å². The summed E-state index contributed by atoms with van der Waals surface area (Å²) in [7, 11) is 0. The Balaban J connectivity index is 1.66. The molecule has 0 aliphatic carbocycles. The van der Waals surface area contributed by atoms with Crippen LogP contribution >= 0.6 is 11.3 Å². The van der Waals surface area contributed by atoms with Crippen LogP contribution < -0.4 is 29.1 Å². The molecule has 38 heavy (non-hydrogen) atoms. The number of rotatable bonds is 9. The Hall–Kier alpha value is -3.85. The lowest BCUT2D eigenvalue weighted by Crippen LogP contribution is -2.40. The predicted molar refractivity (Wildman–Crippen MR) is 144 cm³/mol. The summed E-state index contributed by atoms with van der Waals surface area (Å²) in [6, 6.07) is 12.4. The van der Waals surface area contributed by atoms with Gasteiger partial charge in [-0.25, -0.2) is 9.79 Å². The van der Waals surface area contributed by atoms with Crippen LogP contribution in [0, 0.1) is 0 Å². The van der Waals surface area contributed by atoms with Gasteiger partial charge in [0.05, 0.1) is 35.1 Å². The van der Waals surface area contributed by atoms with Gasteiger partial charge in [-0.05, 0) is 61.2 Å². The lowest BCUT2D eigenvalue weighted by atomic mass is 9.94. The second-order valence-electron chi connectivity index (χ2n) is 8.94. The standard InChI is InChI=1S/C29H30N2O6S/c1-4-7-21-25(28(33)34-6-3)26(19-10-13-22-23(16-19)37-17-36-22)31-27(32)24(38-29(31)30-21)15-18-8-11-20(12-9-18)35-14-5-2/h8-13,15-16,26H,4-7,14,17H2,1-3H3/b24-15-/t26-/m0/s1. The largest absolute Gasteiger partial charge is 0.494 e. The second kappa shape index (κ2) is 11.3. The van der Waals surface area contributed by atoms with Crippen molar-refractivity contribution in [3.05, 3.63) is 84.5 Å². The number of benzene rings is 2. The van der Waals surface area contributed by atoms with Crippen molar-refractivity contribution < 1.29 is 23.7 Å². The number of carbonyl (C=O) groups is 1. The van der Waals surface area contributed by atoms with Gasteiger partial charge in [-0.1, -0.05) is 49.8 Å². The molecule has 198 valence electrons. The maximum absolute atomic E-state index is 13.9. The molecule has 0 radical (unpaired) electrons. The molecule has 2 aromatic carbocycles. The molecule has 2 aliphatic rings. The van der Waals surface area contributed by atoms with Crippen molar-refractivity contribution in [2.75, 3.05) is 20.0 Å². The van der Waals surface area contributed by atoms with Crippen molar-refractivity contribution in [3.8, 4) is 17.2 Å². The minimum Gasteiger partial charge on any atom is -0.494 e. The summed E-state index contributed by atoms with van der Waals surface area (Å²) in [4.78, 5) is 32.5. The number of esters is 1. The van der Waals surface area contributed by atoms with Gasteiger partial charge in [0, 0.05) is 0 Å². The number of ether oxygens (including phenoxy) is 4. The molecule has 3 heterocycles. The van der Waals surface area contributed by atoms with E-state index in [1.54, 1.807) is 17.6 Å². The molecule has 0 spiro atoms. The summed E-state index contributed by atoms with van der Waals surface area (Å²) in [5.41, 5.74) is 2.39. The van der Waals surface area contributed by atoms with Gasteiger partial charge in [0.1, 0.15) is 5.75 Å². The molecule has 8 nitrogen and oxygen atoms in total. The van der Waals surface area contributed by atoms with E-state index in [4.69, 9.17) is 23.9 Å². The normalized spacial score (nSPS) is 16.3. The van der Waals surface area contributed by atoms with E-state index < -0.39 is 12.0 Å². The number of fused-ring (bicyclic) bond motifs is 2. The fraction of sp³-hybridized carbons (Fsp3) is 0.345. The summed E-state index contributed by atoms with van der Waals surface area (Å²) in [6.45, 7) is 6.86. The molecule has 2 aliphatic heterocycles. The first-order valence-electron chi connectivity index (χ1n) is 12.9. The summed E-state index contributed by atoms with van der Waals surface area (Å²) in [6.07, 6.45) is 4.15. The van der Waals surface area contributed by atoms with Crippen molar-refractivity contribution in [2.24, 2.45) is 4.99 Å². The minimum absolute atomic E-state index is 0.130. The van der Waals surface area contributed by atoms with Gasteiger partial charge in [-0.2, -0.15) is 0 Å². The average Bonchev–Trinajstić information content (AvgIpc) is 3.51. The molecule has 0 saturated heterocycles. The first-order chi connectivity index (χ1) is 18.5. The SMILES string of the molecule is CCCOc1ccc(/C=c2\sc3n(c2=O)[C@@H](c2ccc4c(c2)OCO4)C(C(=O)OCC)=C(CCC)N=3)cc1. The molecule has 9 heteroatoms. The summed E-state index contributed by atoms with van der Waals surface area (Å²) >= 11 is 1.31. The number of nitrogens with zero attached hydrogens (tertiary/aromatic N) is 2. The average molecular weight is 535 g/mol. The van der Waals surface area contributed by atoms with Gasteiger partial charge in [-0.15, -0.1) is 0 Å². The molecule has 0 saturated carbocycles. The van der Waals surface area contributed by atoms with E-state index in [-0.39, 0.29) is 19.0 Å². The van der Waals surface area contributed by atoms with Crippen molar-refractivity contribution in [2.45, 2.75) is 46.1 Å². The quantitative estimate of drug-likeness (QED) is 0.384. The molecular weight excluding hydrogens is 504 g/mol. The van der Waals surface area contributed by atoms with Crippen LogP contribution in [0.5, 0.6) is 17.2 Å². The zero-order chi connectivity index (χ0) is 26.6. The first kappa shape index (κ1) is 25.8. The van der Waals surface area contributed by atoms with Crippen LogP contribution in [0.2, 0.25) is 0 Å². The third-order valence-electron chi connectivity index (χ3n) is 6.26. The molecule has 1 atom stereocenters. The molecule has 0 N–H and O–H groups in total. The van der Waals surface area contributed by atoms with Crippen LogP contribution in [0.25, 0.3) is 6.08 Å². The summed E-state index contributed by atoms with van der Waals surface area (Å²) < 4.78 is 24.3. The Morgan fingerprint density at radius 1 is 1.11 bits per heavy atom. The summed E-state index contributed by atoms with van der Waals surface area (Å²) in [5.74, 6) is 1.52. The van der Waals surface area contributed by atoms with Crippen LogP contribution in [-0.4, -0.2) is 30.5 Å². The van der Waals surface area contributed by atoms with Crippen LogP contribution in [0.1, 0.15) is 57.2 Å². The second-order valence-corrected chi connectivity index (χ2v) is 9.95. The number of hydrogen-bond acceptors (Lipinski definition) is 8. The van der Waals surface area contributed by atoms with Crippen molar-refractivity contribution in [1.82, 2.24) is 4.57 Å². The van der Waals surface area contributed by atoms with E-state index in [9.17, 15) is 9.59 Å². The lowest BCUT2D eigenvalue weighted by Gasteiger charge is -2.25. The smallest absolute Gasteiger partial charge is 0.338 e. The highest BCUT2D eigenvalue weighted by atomic mass is 32.1. The third-order valence-corrected chi connectivity index (χ3v) is 7.24. The Labute approximate surface area is 224 Å². The molecule has 1 aromatic heterocycles. The molecule has 0 amide bonds. The molecule has 0 unspecified atom stereocenters. The number of aromatic nitrogens is 1. The molecule has 0 fully saturated rings. The first-order valence-corrected chi connectivity index (χ1v) is 13.7. The number of allylic oxidation sites excluding steroid dienone is 1. The Kier molecular flexibility index (Phi) is 7.64. The highest BCUT2D eigenvalue weighted by Gasteiger charge is 2.35. The molecule has 3 aromatic rings. The minimum atomic E-state index is -0.701. The van der Waals surface area contributed by atoms with Crippen molar-refractivity contribution >= 4 is 23.4 Å². The Morgan fingerprint density at radius 2 is 1.89 bits per heavy atom. The van der Waals surface area contributed by atoms with Crippen molar-refractivity contribution in [1.29, 1.82) is 0 Å². The zero-order valence-corrected chi connectivity index (χ0v) is 22.5. The van der Waals surface area contributed by atoms with E-state index in [0.717, 1.165) is 29.7 Å². The van der Waals surface area contributed by atoms with E-state index in [1.807, 2.05) is 49.4 Å². The van der Waals surface area contributed by atoms with Crippen LogP contribution in [-0.2, 0) is 9.53 Å². The number of hydrogen-bond donors (Lipinski definition) is 0. The predicted octanol–water partition coefficient (Wildman–Crippen LogP) is 4.10. The van der Waals surface area contributed by atoms with E-state index in [1.165, 1.54) is 11.3 Å². The van der Waals surface area contributed by atoms with Crippen LogP contribution in [0.3, 0.4) is 0 Å². The van der Waals surface area contributed by atoms with Gasteiger partial charge in [0.2, 0.25) is 6.79 Å². The molecule has 0 bridgehead atoms. The van der Waals surface area contributed by atoms with Gasteiger partial charge in [-0.3, -0.25) is 9.36 Å². The topological polar surface area (TPSA) is 88.3 Å². The Morgan fingerprint density at radius 3 is 2.63 bits per heavy atom. The van der Waals surface area contributed by atoms with E-state index >= 15 is 0 Å². The number of carbonyl (C=O) groups excluding carboxylic acids is 1. The maximum Gasteiger partial charge on any atom is 0.338 e. The van der Waals surface area contributed by atoms with Crippen LogP contribution in [0.15, 0.2) is 63.5 Å². The number of thiazole rings is 1. The maximum atomic E-state index is 13.9. The van der Waals surface area contributed by atoms with Crippen molar-refractivity contribution in [3.63, 3.8) is 0 Å². The third kappa shape index (κ3) is 4.98. The molecular formula is C29H30N2O6S. The highest BCUT2D eigenvalue weighted by Crippen LogP contribution is 2.38. The van der Waals surface area contributed by atoms with E-state index in [2.05, 4.69) is 6.92 Å². The zero-order valence-electron chi connectivity index (χ0n) is 21.7. The summed E-state index contributed by atoms with van der Waals surface area (Å²) in [5, 5.41) is 0. The highest BCUT2D eigenvalue weighted by molar-refractivity contribution is 7.07. The fourth-order valence-corrected chi connectivity index (χ4v) is 5.57. The monoisotopic (exact) mass is 534 g/mol. The van der Waals surface area contributed by atoms with Gasteiger partial charge >= 0.3 is 5.97 Å². The lowest BCUT2D eigenvalue weighted by molar-refractivity contribution is -0.139. The van der Waals surface area contributed by atoms with E-state index in [0.29, 0.717) is 45.1 Å². The van der Waals surface area contributed by atoms with Crippen LogP contribution in [0.4, 0.5) is 0 Å². The van der Waals surface area contributed by atoms with Gasteiger partial charge < -0.3 is 18.9 Å². The fourth-order valence-electron chi connectivity index (χ4n) is 4.55. The van der Waals surface area contributed by atoms with Gasteiger partial charge in [0.25, 0.3) is 5.56 Å². The Bertz CT molecular complexity index is 1550. The molecule has 5 rings (SSSR count).